The van der Waals surface area contributed by atoms with Gasteiger partial charge in [0.05, 0.1) is 22.9 Å². The zero-order valence-electron chi connectivity index (χ0n) is 16.3. The van der Waals surface area contributed by atoms with Gasteiger partial charge in [-0.05, 0) is 36.8 Å². The highest BCUT2D eigenvalue weighted by Crippen LogP contribution is 2.20. The topological polar surface area (TPSA) is 93.4 Å². The van der Waals surface area contributed by atoms with Gasteiger partial charge >= 0.3 is 0 Å². The highest BCUT2D eigenvalue weighted by atomic mass is 35.5. The number of nitrogens with two attached hydrogens (primary N) is 1. The van der Waals surface area contributed by atoms with Crippen LogP contribution < -0.4 is 16.4 Å². The van der Waals surface area contributed by atoms with Crippen LogP contribution in [0.3, 0.4) is 0 Å². The number of methoxy groups -OCH3 is 1. The first-order valence-corrected chi connectivity index (χ1v) is 9.59. The standard InChI is InChI=1S/C22H24ClN3O3/c1-29-14-13-25-20-15-16(11-12-17(20)22(24)28)7-3-2-4-10-21(27)26-19-9-6-5-8-18(19)23/h5-6,8-9,11-12,15,25H,2,4,10,13-14H2,1H3,(H2,24,28)(H,26,27). The molecule has 7 heteroatoms. The molecule has 0 radical (unpaired) electrons. The van der Waals surface area contributed by atoms with Crippen molar-refractivity contribution in [2.24, 2.45) is 5.73 Å². The zero-order chi connectivity index (χ0) is 21.1. The van der Waals surface area contributed by atoms with Crippen LogP contribution in [0.5, 0.6) is 0 Å². The maximum atomic E-state index is 12.0. The van der Waals surface area contributed by atoms with Gasteiger partial charge in [0.15, 0.2) is 0 Å². The van der Waals surface area contributed by atoms with Crippen LogP contribution in [0.15, 0.2) is 42.5 Å². The largest absolute Gasteiger partial charge is 0.383 e. The molecule has 0 fully saturated rings. The smallest absolute Gasteiger partial charge is 0.250 e. The number of primary amides is 1. The Hall–Kier alpha value is -3.01. The number of rotatable bonds is 9. The molecule has 2 amide bonds. The Balaban J connectivity index is 1.87. The molecular formula is C22H24ClN3O3. The lowest BCUT2D eigenvalue weighted by Crippen LogP contribution is -2.16. The normalized spacial score (nSPS) is 10.0. The lowest BCUT2D eigenvalue weighted by molar-refractivity contribution is -0.116. The number of nitrogens with one attached hydrogen (secondary N) is 2. The second-order valence-electron chi connectivity index (χ2n) is 6.23. The van der Waals surface area contributed by atoms with Gasteiger partial charge in [0.2, 0.25) is 5.91 Å². The van der Waals surface area contributed by atoms with E-state index in [9.17, 15) is 9.59 Å². The molecule has 2 aromatic rings. The van der Waals surface area contributed by atoms with Crippen molar-refractivity contribution in [1.29, 1.82) is 0 Å². The number of amides is 2. The fourth-order valence-electron chi connectivity index (χ4n) is 2.55. The Bertz CT molecular complexity index is 919. The molecule has 0 unspecified atom stereocenters. The summed E-state index contributed by atoms with van der Waals surface area (Å²) in [6.45, 7) is 1.05. The average Bonchev–Trinajstić information content (AvgIpc) is 2.69. The van der Waals surface area contributed by atoms with Crippen LogP contribution in [0.1, 0.15) is 35.2 Å². The molecule has 0 bridgehead atoms. The highest BCUT2D eigenvalue weighted by Gasteiger charge is 2.08. The van der Waals surface area contributed by atoms with Gasteiger partial charge in [0.25, 0.3) is 5.91 Å². The molecule has 0 saturated carbocycles. The van der Waals surface area contributed by atoms with Crippen LogP contribution in [0.2, 0.25) is 5.02 Å². The molecule has 0 spiro atoms. The van der Waals surface area contributed by atoms with Gasteiger partial charge in [-0.25, -0.2) is 0 Å². The minimum atomic E-state index is -0.506. The predicted molar refractivity (Wildman–Crippen MR) is 116 cm³/mol. The van der Waals surface area contributed by atoms with E-state index in [0.717, 1.165) is 5.56 Å². The average molecular weight is 414 g/mol. The SMILES string of the molecule is COCCNc1cc(C#CCCCC(=O)Nc2ccccc2Cl)ccc1C(N)=O. The summed E-state index contributed by atoms with van der Waals surface area (Å²) >= 11 is 6.03. The second kappa shape index (κ2) is 11.7. The molecule has 0 saturated heterocycles. The van der Waals surface area contributed by atoms with Crippen molar-refractivity contribution in [3.63, 3.8) is 0 Å². The number of hydrogen-bond acceptors (Lipinski definition) is 4. The number of benzene rings is 2. The van der Waals surface area contributed by atoms with E-state index < -0.39 is 5.91 Å². The van der Waals surface area contributed by atoms with Gasteiger partial charge in [0.1, 0.15) is 0 Å². The van der Waals surface area contributed by atoms with Crippen LogP contribution in [0.25, 0.3) is 0 Å². The number of carbonyl (C=O) groups is 2. The van der Waals surface area contributed by atoms with E-state index in [1.165, 1.54) is 0 Å². The van der Waals surface area contributed by atoms with Crippen molar-refractivity contribution in [1.82, 2.24) is 0 Å². The third-order valence-electron chi connectivity index (χ3n) is 3.99. The van der Waals surface area contributed by atoms with Gasteiger partial charge < -0.3 is 21.1 Å². The van der Waals surface area contributed by atoms with E-state index in [4.69, 9.17) is 22.1 Å². The fraction of sp³-hybridized carbons (Fsp3) is 0.273. The Morgan fingerprint density at radius 1 is 1.17 bits per heavy atom. The number of carbonyl (C=O) groups excluding carboxylic acids is 2. The van der Waals surface area contributed by atoms with Crippen LogP contribution >= 0.6 is 11.6 Å². The molecule has 0 aliphatic carbocycles. The van der Waals surface area contributed by atoms with Crippen molar-refractivity contribution in [3.8, 4) is 11.8 Å². The number of anilines is 2. The van der Waals surface area contributed by atoms with Crippen molar-refractivity contribution >= 4 is 34.8 Å². The van der Waals surface area contributed by atoms with Crippen molar-refractivity contribution in [3.05, 3.63) is 58.6 Å². The Kier molecular flexibility index (Phi) is 9.03. The number of hydrogen-bond donors (Lipinski definition) is 3. The lowest BCUT2D eigenvalue weighted by atomic mass is 10.1. The summed E-state index contributed by atoms with van der Waals surface area (Å²) in [5, 5.41) is 6.42. The van der Waals surface area contributed by atoms with Gasteiger partial charge in [-0.2, -0.15) is 0 Å². The van der Waals surface area contributed by atoms with E-state index in [2.05, 4.69) is 22.5 Å². The predicted octanol–water partition coefficient (Wildman–Crippen LogP) is 3.66. The Morgan fingerprint density at radius 3 is 2.69 bits per heavy atom. The van der Waals surface area contributed by atoms with Gasteiger partial charge in [-0.3, -0.25) is 9.59 Å². The molecule has 0 atom stereocenters. The van der Waals surface area contributed by atoms with Gasteiger partial charge in [-0.15, -0.1) is 0 Å². The molecule has 0 aromatic heterocycles. The third-order valence-corrected chi connectivity index (χ3v) is 4.32. The minimum absolute atomic E-state index is 0.102. The quantitative estimate of drug-likeness (QED) is 0.432. The Labute approximate surface area is 175 Å². The third kappa shape index (κ3) is 7.49. The summed E-state index contributed by atoms with van der Waals surface area (Å²) in [5.41, 5.74) is 7.80. The molecule has 152 valence electrons. The summed E-state index contributed by atoms with van der Waals surface area (Å²) in [6.07, 6.45) is 1.55. The van der Waals surface area contributed by atoms with Crippen molar-refractivity contribution < 1.29 is 14.3 Å². The molecule has 2 aromatic carbocycles. The summed E-state index contributed by atoms with van der Waals surface area (Å²) < 4.78 is 5.00. The summed E-state index contributed by atoms with van der Waals surface area (Å²) in [6, 6.07) is 12.3. The maximum absolute atomic E-state index is 12.0. The molecule has 29 heavy (non-hydrogen) atoms. The molecule has 2 rings (SSSR count). The minimum Gasteiger partial charge on any atom is -0.383 e. The highest BCUT2D eigenvalue weighted by molar-refractivity contribution is 6.33. The van der Waals surface area contributed by atoms with E-state index in [-0.39, 0.29) is 5.91 Å². The van der Waals surface area contributed by atoms with Crippen molar-refractivity contribution in [2.45, 2.75) is 19.3 Å². The monoisotopic (exact) mass is 413 g/mol. The van der Waals surface area contributed by atoms with E-state index in [1.54, 1.807) is 37.4 Å². The molecule has 0 aliphatic rings. The Morgan fingerprint density at radius 2 is 1.97 bits per heavy atom. The van der Waals surface area contributed by atoms with Crippen LogP contribution in [0, 0.1) is 11.8 Å². The number of ether oxygens (including phenoxy) is 1. The zero-order valence-corrected chi connectivity index (χ0v) is 17.0. The number of halogens is 1. The fourth-order valence-corrected chi connectivity index (χ4v) is 2.73. The summed E-state index contributed by atoms with van der Waals surface area (Å²) in [5.74, 6) is 5.49. The second-order valence-corrected chi connectivity index (χ2v) is 6.63. The summed E-state index contributed by atoms with van der Waals surface area (Å²) in [7, 11) is 1.60. The maximum Gasteiger partial charge on any atom is 0.250 e. The van der Waals surface area contributed by atoms with E-state index >= 15 is 0 Å². The first-order chi connectivity index (χ1) is 14.0. The van der Waals surface area contributed by atoms with Crippen molar-refractivity contribution in [2.75, 3.05) is 30.9 Å². The van der Waals surface area contributed by atoms with Gasteiger partial charge in [-0.1, -0.05) is 35.6 Å². The number of unbranched alkanes of at least 4 members (excludes halogenated alkanes) is 1. The lowest BCUT2D eigenvalue weighted by Gasteiger charge is -2.10. The number of para-hydroxylation sites is 1. The molecule has 0 aliphatic heterocycles. The summed E-state index contributed by atoms with van der Waals surface area (Å²) in [4.78, 5) is 23.5. The van der Waals surface area contributed by atoms with Crippen LogP contribution in [0.4, 0.5) is 11.4 Å². The molecule has 4 N–H and O–H groups in total. The molecule has 0 heterocycles. The molecular weight excluding hydrogens is 390 g/mol. The van der Waals surface area contributed by atoms with Crippen LogP contribution in [-0.4, -0.2) is 32.1 Å². The first-order valence-electron chi connectivity index (χ1n) is 9.21. The molecule has 6 nitrogen and oxygen atoms in total. The first kappa shape index (κ1) is 22.3. The van der Waals surface area contributed by atoms with E-state index in [0.29, 0.717) is 54.4 Å². The van der Waals surface area contributed by atoms with E-state index in [1.807, 2.05) is 12.1 Å². The van der Waals surface area contributed by atoms with Crippen LogP contribution in [-0.2, 0) is 9.53 Å². The van der Waals surface area contributed by atoms with Gasteiger partial charge in [0, 0.05) is 37.7 Å².